The minimum atomic E-state index is 0.129. The predicted octanol–water partition coefficient (Wildman–Crippen LogP) is 6.42. The van der Waals surface area contributed by atoms with E-state index in [-0.39, 0.29) is 6.04 Å². The van der Waals surface area contributed by atoms with Crippen molar-refractivity contribution in [3.8, 4) is 0 Å². The molecule has 1 nitrogen and oxygen atoms in total. The quantitative estimate of drug-likeness (QED) is 0.558. The van der Waals surface area contributed by atoms with E-state index in [0.29, 0.717) is 10.0 Å². The Morgan fingerprint density at radius 2 is 1.74 bits per heavy atom. The van der Waals surface area contributed by atoms with Crippen LogP contribution >= 0.6 is 57.4 Å². The van der Waals surface area contributed by atoms with Crippen molar-refractivity contribution in [1.29, 1.82) is 0 Å². The van der Waals surface area contributed by atoms with Gasteiger partial charge in [0.1, 0.15) is 0 Å². The fourth-order valence-electron chi connectivity index (χ4n) is 1.70. The van der Waals surface area contributed by atoms with Gasteiger partial charge in [-0.05, 0) is 65.4 Å². The molecule has 2 aromatic rings. The van der Waals surface area contributed by atoms with E-state index in [0.717, 1.165) is 19.8 Å². The molecule has 100 valence electrons. The third-order valence-corrected chi connectivity index (χ3v) is 4.61. The monoisotopic (exact) mass is 425 g/mol. The lowest BCUT2D eigenvalue weighted by Gasteiger charge is -2.17. The maximum atomic E-state index is 6.03. The Hall–Kier alpha value is -0.160. The van der Waals surface area contributed by atoms with E-state index in [1.54, 1.807) is 0 Å². The van der Waals surface area contributed by atoms with Gasteiger partial charge in [-0.1, -0.05) is 40.9 Å². The summed E-state index contributed by atoms with van der Waals surface area (Å²) in [6.07, 6.45) is 0. The van der Waals surface area contributed by atoms with Crippen LogP contribution in [0, 0.1) is 3.57 Å². The first-order chi connectivity index (χ1) is 8.97. The molecule has 0 aliphatic rings. The van der Waals surface area contributed by atoms with Gasteiger partial charge in [-0.15, -0.1) is 0 Å². The smallest absolute Gasteiger partial charge is 0.0595 e. The topological polar surface area (TPSA) is 12.0 Å². The summed E-state index contributed by atoms with van der Waals surface area (Å²) in [5.41, 5.74) is 2.13. The molecule has 0 heterocycles. The highest BCUT2D eigenvalue weighted by Crippen LogP contribution is 2.29. The highest BCUT2D eigenvalue weighted by Gasteiger charge is 2.09. The van der Waals surface area contributed by atoms with Gasteiger partial charge < -0.3 is 5.32 Å². The molecule has 0 saturated carbocycles. The molecule has 2 rings (SSSR count). The van der Waals surface area contributed by atoms with Crippen LogP contribution in [0.2, 0.25) is 15.1 Å². The zero-order valence-corrected chi connectivity index (χ0v) is 14.5. The summed E-state index contributed by atoms with van der Waals surface area (Å²) < 4.78 is 1.08. The van der Waals surface area contributed by atoms with Crippen molar-refractivity contribution in [3.05, 3.63) is 60.6 Å². The molecule has 0 saturated heterocycles. The maximum absolute atomic E-state index is 6.03. The summed E-state index contributed by atoms with van der Waals surface area (Å²) in [7, 11) is 0. The second-order valence-electron chi connectivity index (χ2n) is 4.16. The first-order valence-electron chi connectivity index (χ1n) is 5.64. The third kappa shape index (κ3) is 3.91. The number of nitrogens with one attached hydrogen (secondary N) is 1. The van der Waals surface area contributed by atoms with Gasteiger partial charge in [0.2, 0.25) is 0 Å². The van der Waals surface area contributed by atoms with Gasteiger partial charge in [0.15, 0.2) is 0 Å². The number of hydrogen-bond acceptors (Lipinski definition) is 1. The van der Waals surface area contributed by atoms with Crippen LogP contribution in [0.25, 0.3) is 0 Å². The first kappa shape index (κ1) is 15.2. The number of hydrogen-bond donors (Lipinski definition) is 1. The Kier molecular flexibility index (Phi) is 5.23. The molecule has 0 fully saturated rings. The summed E-state index contributed by atoms with van der Waals surface area (Å²) in [6, 6.07) is 11.5. The fraction of sp³-hybridized carbons (Fsp3) is 0.143. The van der Waals surface area contributed by atoms with E-state index < -0.39 is 0 Å². The van der Waals surface area contributed by atoms with E-state index in [2.05, 4.69) is 34.8 Å². The fourth-order valence-corrected chi connectivity index (χ4v) is 3.04. The lowest BCUT2D eigenvalue weighted by molar-refractivity contribution is 0.883. The molecule has 1 atom stereocenters. The van der Waals surface area contributed by atoms with Crippen molar-refractivity contribution >= 4 is 63.1 Å². The highest BCUT2D eigenvalue weighted by molar-refractivity contribution is 14.1. The Labute approximate surface area is 141 Å². The molecule has 0 radical (unpaired) electrons. The van der Waals surface area contributed by atoms with Crippen LogP contribution in [0.4, 0.5) is 5.69 Å². The zero-order valence-electron chi connectivity index (χ0n) is 10.1. The van der Waals surface area contributed by atoms with Crippen molar-refractivity contribution in [1.82, 2.24) is 0 Å². The lowest BCUT2D eigenvalue weighted by Crippen LogP contribution is -2.07. The van der Waals surface area contributed by atoms with Crippen LogP contribution in [0.3, 0.4) is 0 Å². The van der Waals surface area contributed by atoms with Gasteiger partial charge in [0.25, 0.3) is 0 Å². The predicted molar refractivity (Wildman–Crippen MR) is 92.7 cm³/mol. The van der Waals surface area contributed by atoms with Crippen LogP contribution in [-0.4, -0.2) is 0 Å². The summed E-state index contributed by atoms with van der Waals surface area (Å²) in [6.45, 7) is 2.07. The van der Waals surface area contributed by atoms with E-state index >= 15 is 0 Å². The van der Waals surface area contributed by atoms with Crippen molar-refractivity contribution < 1.29 is 0 Å². The van der Waals surface area contributed by atoms with Crippen molar-refractivity contribution in [2.75, 3.05) is 5.32 Å². The number of anilines is 1. The number of rotatable bonds is 3. The molecule has 0 aromatic heterocycles. The second kappa shape index (κ2) is 6.53. The summed E-state index contributed by atoms with van der Waals surface area (Å²) in [5, 5.41) is 5.30. The SMILES string of the molecule is CC(Nc1ccc(Cl)cc1I)c1ccc(Cl)c(Cl)c1. The summed E-state index contributed by atoms with van der Waals surface area (Å²) in [4.78, 5) is 0. The normalized spacial score (nSPS) is 12.3. The van der Waals surface area contributed by atoms with Crippen LogP contribution < -0.4 is 5.32 Å². The molecule has 0 aliphatic heterocycles. The minimum Gasteiger partial charge on any atom is -0.378 e. The molecule has 1 unspecified atom stereocenters. The molecule has 19 heavy (non-hydrogen) atoms. The molecule has 0 spiro atoms. The van der Waals surface area contributed by atoms with Crippen molar-refractivity contribution in [2.45, 2.75) is 13.0 Å². The number of benzene rings is 2. The Morgan fingerprint density at radius 3 is 2.37 bits per heavy atom. The van der Waals surface area contributed by atoms with Gasteiger partial charge in [-0.25, -0.2) is 0 Å². The second-order valence-corrected chi connectivity index (χ2v) is 6.58. The van der Waals surface area contributed by atoms with E-state index in [4.69, 9.17) is 34.8 Å². The molecule has 0 aliphatic carbocycles. The van der Waals surface area contributed by atoms with Gasteiger partial charge in [0, 0.05) is 20.3 Å². The molecular formula is C14H11Cl3IN. The third-order valence-electron chi connectivity index (χ3n) is 2.75. The first-order valence-corrected chi connectivity index (χ1v) is 7.85. The Morgan fingerprint density at radius 1 is 1.00 bits per heavy atom. The van der Waals surface area contributed by atoms with E-state index in [1.807, 2.05) is 36.4 Å². The highest BCUT2D eigenvalue weighted by atomic mass is 127. The average Bonchev–Trinajstić information content (AvgIpc) is 2.36. The molecule has 0 amide bonds. The Bertz CT molecular complexity index is 601. The summed E-state index contributed by atoms with van der Waals surface area (Å²) >= 11 is 20.2. The van der Waals surface area contributed by atoms with Gasteiger partial charge in [-0.3, -0.25) is 0 Å². The molecule has 0 bridgehead atoms. The van der Waals surface area contributed by atoms with Crippen molar-refractivity contribution in [3.63, 3.8) is 0 Å². The minimum absolute atomic E-state index is 0.129. The lowest BCUT2D eigenvalue weighted by atomic mass is 10.1. The zero-order chi connectivity index (χ0) is 14.0. The molecule has 2 aromatic carbocycles. The van der Waals surface area contributed by atoms with Crippen LogP contribution in [-0.2, 0) is 0 Å². The van der Waals surface area contributed by atoms with Crippen LogP contribution in [0.1, 0.15) is 18.5 Å². The van der Waals surface area contributed by atoms with E-state index in [1.165, 1.54) is 0 Å². The number of halogens is 4. The van der Waals surface area contributed by atoms with Crippen LogP contribution in [0.5, 0.6) is 0 Å². The largest absolute Gasteiger partial charge is 0.378 e. The standard InChI is InChI=1S/C14H11Cl3IN/c1-8(9-2-4-11(16)12(17)6-9)19-14-5-3-10(15)7-13(14)18/h2-8,19H,1H3. The van der Waals surface area contributed by atoms with Gasteiger partial charge in [0.05, 0.1) is 10.0 Å². The average molecular weight is 427 g/mol. The Balaban J connectivity index is 2.20. The van der Waals surface area contributed by atoms with Gasteiger partial charge >= 0.3 is 0 Å². The van der Waals surface area contributed by atoms with Crippen LogP contribution in [0.15, 0.2) is 36.4 Å². The maximum Gasteiger partial charge on any atom is 0.0595 e. The van der Waals surface area contributed by atoms with Gasteiger partial charge in [-0.2, -0.15) is 0 Å². The molecule has 1 N–H and O–H groups in total. The summed E-state index contributed by atoms with van der Waals surface area (Å²) in [5.74, 6) is 0. The molecular weight excluding hydrogens is 415 g/mol. The molecule has 5 heteroatoms. The van der Waals surface area contributed by atoms with Crippen molar-refractivity contribution in [2.24, 2.45) is 0 Å². The van der Waals surface area contributed by atoms with E-state index in [9.17, 15) is 0 Å².